The number of nitrogens with one attached hydrogen (secondary N) is 2. The summed E-state index contributed by atoms with van der Waals surface area (Å²) in [6.07, 6.45) is 1.47. The van der Waals surface area contributed by atoms with Crippen molar-refractivity contribution in [3.8, 4) is 0 Å². The lowest BCUT2D eigenvalue weighted by molar-refractivity contribution is -0.920. The molecule has 3 rings (SSSR count). The number of hydrogen-bond acceptors (Lipinski definition) is 5. The summed E-state index contributed by atoms with van der Waals surface area (Å²) in [4.78, 5) is 26.8. The van der Waals surface area contributed by atoms with Crippen LogP contribution in [-0.4, -0.2) is 24.5 Å². The number of carbonyl (C=O) groups excluding carboxylic acids is 2. The second-order valence-electron chi connectivity index (χ2n) is 7.02. The van der Waals surface area contributed by atoms with Gasteiger partial charge < -0.3 is 19.4 Å². The van der Waals surface area contributed by atoms with Gasteiger partial charge in [-0.2, -0.15) is 0 Å². The summed E-state index contributed by atoms with van der Waals surface area (Å²) >= 11 is 1.68. The molecule has 0 saturated heterocycles. The summed E-state index contributed by atoms with van der Waals surface area (Å²) < 4.78 is 10.6. The van der Waals surface area contributed by atoms with Crippen molar-refractivity contribution in [2.24, 2.45) is 0 Å². The lowest BCUT2D eigenvalue weighted by atomic mass is 10.2. The van der Waals surface area contributed by atoms with Gasteiger partial charge in [0, 0.05) is 5.69 Å². The highest BCUT2D eigenvalue weighted by atomic mass is 32.1. The molecule has 0 radical (unpaired) electrons. The Morgan fingerprint density at radius 3 is 2.52 bits per heavy atom. The van der Waals surface area contributed by atoms with Crippen LogP contribution in [-0.2, 0) is 22.6 Å². The summed E-state index contributed by atoms with van der Waals surface area (Å²) in [7, 11) is 0. The van der Waals surface area contributed by atoms with E-state index < -0.39 is 0 Å². The van der Waals surface area contributed by atoms with E-state index in [-0.39, 0.29) is 18.0 Å². The van der Waals surface area contributed by atoms with Crippen molar-refractivity contribution in [1.29, 1.82) is 0 Å². The number of furan rings is 1. The van der Waals surface area contributed by atoms with E-state index in [4.69, 9.17) is 9.15 Å². The molecule has 2 N–H and O–H groups in total. The zero-order valence-electron chi connectivity index (χ0n) is 16.5. The van der Waals surface area contributed by atoms with Gasteiger partial charge in [0.2, 0.25) is 0 Å². The molecule has 0 aliphatic rings. The highest BCUT2D eigenvalue weighted by Gasteiger charge is 2.18. The van der Waals surface area contributed by atoms with E-state index in [0.29, 0.717) is 24.3 Å². The first-order chi connectivity index (χ1) is 14.0. The van der Waals surface area contributed by atoms with Crippen molar-refractivity contribution >= 4 is 28.9 Å². The standard InChI is InChI=1S/C22H24N2O4S/c1-16(2)28-22(26)17-7-9-18(10-8-17)23-21(25)15-24(13-19-5-3-11-27-19)14-20-6-4-12-29-20/h3-12,16H,13-15H2,1-2H3,(H,23,25)/p+1. The number of thiophene rings is 1. The molecule has 0 aliphatic carbocycles. The fourth-order valence-corrected chi connectivity index (χ4v) is 3.69. The number of carbonyl (C=O) groups is 2. The van der Waals surface area contributed by atoms with Crippen molar-refractivity contribution in [3.05, 3.63) is 76.4 Å². The highest BCUT2D eigenvalue weighted by molar-refractivity contribution is 7.09. The Kier molecular flexibility index (Phi) is 7.21. The maximum Gasteiger partial charge on any atom is 0.338 e. The van der Waals surface area contributed by atoms with E-state index in [1.54, 1.807) is 55.7 Å². The molecule has 1 aromatic carbocycles. The molecule has 0 bridgehead atoms. The minimum absolute atomic E-state index is 0.0966. The molecule has 29 heavy (non-hydrogen) atoms. The molecule has 6 nitrogen and oxygen atoms in total. The summed E-state index contributed by atoms with van der Waals surface area (Å²) in [5, 5.41) is 4.93. The van der Waals surface area contributed by atoms with Gasteiger partial charge in [-0.05, 0) is 61.7 Å². The SMILES string of the molecule is CC(C)OC(=O)c1ccc(NC(=O)C[NH+](Cc2ccco2)Cc2cccs2)cc1. The Labute approximate surface area is 174 Å². The fourth-order valence-electron chi connectivity index (χ4n) is 2.91. The van der Waals surface area contributed by atoms with Gasteiger partial charge in [-0.15, -0.1) is 11.3 Å². The monoisotopic (exact) mass is 413 g/mol. The molecule has 1 amide bonds. The Balaban J connectivity index is 1.59. The van der Waals surface area contributed by atoms with Crippen LogP contribution < -0.4 is 10.2 Å². The lowest BCUT2D eigenvalue weighted by Crippen LogP contribution is -3.10. The van der Waals surface area contributed by atoms with Crippen molar-refractivity contribution in [2.75, 3.05) is 11.9 Å². The number of quaternary nitrogens is 1. The quantitative estimate of drug-likeness (QED) is 0.529. The Morgan fingerprint density at radius 1 is 1.10 bits per heavy atom. The van der Waals surface area contributed by atoms with Gasteiger partial charge in [0.05, 0.1) is 22.8 Å². The van der Waals surface area contributed by atoms with Crippen molar-refractivity contribution in [2.45, 2.75) is 33.0 Å². The Morgan fingerprint density at radius 2 is 1.90 bits per heavy atom. The molecule has 0 saturated carbocycles. The second-order valence-corrected chi connectivity index (χ2v) is 8.05. The summed E-state index contributed by atoms with van der Waals surface area (Å²) in [5.74, 6) is 0.376. The molecule has 152 valence electrons. The van der Waals surface area contributed by atoms with Crippen LogP contribution in [0, 0.1) is 0 Å². The minimum atomic E-state index is -0.372. The van der Waals surface area contributed by atoms with Crippen LogP contribution in [0.1, 0.15) is 34.8 Å². The minimum Gasteiger partial charge on any atom is -0.463 e. The zero-order chi connectivity index (χ0) is 20.6. The molecule has 3 aromatic rings. The van der Waals surface area contributed by atoms with E-state index >= 15 is 0 Å². The molecule has 0 fully saturated rings. The topological polar surface area (TPSA) is 73.0 Å². The number of ether oxygens (including phenoxy) is 1. The van der Waals surface area contributed by atoms with Gasteiger partial charge in [0.15, 0.2) is 12.3 Å². The van der Waals surface area contributed by atoms with E-state index in [2.05, 4.69) is 11.4 Å². The predicted octanol–water partition coefficient (Wildman–Crippen LogP) is 3.13. The van der Waals surface area contributed by atoms with Gasteiger partial charge in [-0.3, -0.25) is 4.79 Å². The summed E-state index contributed by atoms with van der Waals surface area (Å²) in [5.41, 5.74) is 1.10. The largest absolute Gasteiger partial charge is 0.463 e. The second kappa shape index (κ2) is 10.0. The van der Waals surface area contributed by atoms with Gasteiger partial charge >= 0.3 is 5.97 Å². The summed E-state index contributed by atoms with van der Waals surface area (Å²) in [6, 6.07) is 14.6. The van der Waals surface area contributed by atoms with E-state index in [1.165, 1.54) is 4.88 Å². The maximum absolute atomic E-state index is 12.6. The van der Waals surface area contributed by atoms with Crippen LogP contribution in [0.2, 0.25) is 0 Å². The molecular weight excluding hydrogens is 388 g/mol. The van der Waals surface area contributed by atoms with Crippen LogP contribution in [0.4, 0.5) is 5.69 Å². The first-order valence-corrected chi connectivity index (χ1v) is 10.4. The smallest absolute Gasteiger partial charge is 0.338 e. The zero-order valence-corrected chi connectivity index (χ0v) is 17.3. The predicted molar refractivity (Wildman–Crippen MR) is 112 cm³/mol. The third-order valence-corrected chi connectivity index (χ3v) is 5.04. The number of benzene rings is 1. The third kappa shape index (κ3) is 6.58. The molecule has 2 aromatic heterocycles. The van der Waals surface area contributed by atoms with Gasteiger partial charge in [-0.25, -0.2) is 4.79 Å². The molecule has 2 heterocycles. The van der Waals surface area contributed by atoms with Gasteiger partial charge in [0.1, 0.15) is 13.1 Å². The maximum atomic E-state index is 12.6. The lowest BCUT2D eigenvalue weighted by Gasteiger charge is -2.17. The summed E-state index contributed by atoms with van der Waals surface area (Å²) in [6.45, 7) is 5.28. The molecular formula is C22H25N2O4S+. The highest BCUT2D eigenvalue weighted by Crippen LogP contribution is 2.11. The number of amides is 1. The first-order valence-electron chi connectivity index (χ1n) is 9.49. The van der Waals surface area contributed by atoms with Crippen molar-refractivity contribution in [1.82, 2.24) is 0 Å². The molecule has 7 heteroatoms. The number of esters is 1. The van der Waals surface area contributed by atoms with E-state index in [0.717, 1.165) is 17.2 Å². The molecule has 1 atom stereocenters. The molecule has 0 aliphatic heterocycles. The third-order valence-electron chi connectivity index (χ3n) is 4.17. The van der Waals surface area contributed by atoms with Crippen LogP contribution in [0.25, 0.3) is 0 Å². The number of hydrogen-bond donors (Lipinski definition) is 2. The Bertz CT molecular complexity index is 867. The van der Waals surface area contributed by atoms with Crippen molar-refractivity contribution < 1.29 is 23.6 Å². The van der Waals surface area contributed by atoms with Crippen LogP contribution in [0.15, 0.2) is 64.6 Å². The first kappa shape index (κ1) is 20.8. The fraction of sp³-hybridized carbons (Fsp3) is 0.273. The van der Waals surface area contributed by atoms with Crippen LogP contribution in [0.5, 0.6) is 0 Å². The van der Waals surface area contributed by atoms with Crippen LogP contribution in [0.3, 0.4) is 0 Å². The van der Waals surface area contributed by atoms with Crippen molar-refractivity contribution in [3.63, 3.8) is 0 Å². The van der Waals surface area contributed by atoms with Crippen LogP contribution >= 0.6 is 11.3 Å². The molecule has 0 spiro atoms. The normalized spacial score (nSPS) is 12.0. The number of anilines is 1. The number of rotatable bonds is 9. The average Bonchev–Trinajstić information content (AvgIpc) is 3.36. The molecule has 1 unspecified atom stereocenters. The van der Waals surface area contributed by atoms with Gasteiger partial charge in [-0.1, -0.05) is 6.07 Å². The Hall–Kier alpha value is -2.90. The van der Waals surface area contributed by atoms with E-state index in [1.807, 2.05) is 23.6 Å². The van der Waals surface area contributed by atoms with E-state index in [9.17, 15) is 9.59 Å². The van der Waals surface area contributed by atoms with Gasteiger partial charge in [0.25, 0.3) is 5.91 Å². The average molecular weight is 414 g/mol.